The maximum absolute atomic E-state index is 12.6. The van der Waals surface area contributed by atoms with E-state index in [0.717, 1.165) is 33.3 Å². The summed E-state index contributed by atoms with van der Waals surface area (Å²) in [7, 11) is 1.62. The number of rotatable bonds is 5. The van der Waals surface area contributed by atoms with Gasteiger partial charge in [0.05, 0.1) is 19.2 Å². The first-order chi connectivity index (χ1) is 13.7. The summed E-state index contributed by atoms with van der Waals surface area (Å²) in [5.74, 6) is 1.10. The van der Waals surface area contributed by atoms with E-state index in [4.69, 9.17) is 4.74 Å². The van der Waals surface area contributed by atoms with Gasteiger partial charge in [-0.1, -0.05) is 54.6 Å². The van der Waals surface area contributed by atoms with Gasteiger partial charge in [0, 0.05) is 11.6 Å². The third-order valence-corrected chi connectivity index (χ3v) is 4.53. The highest BCUT2D eigenvalue weighted by Crippen LogP contribution is 2.23. The minimum atomic E-state index is -0.119. The molecule has 0 atom stereocenters. The molecule has 0 saturated heterocycles. The van der Waals surface area contributed by atoms with Gasteiger partial charge in [-0.3, -0.25) is 4.79 Å². The van der Waals surface area contributed by atoms with Crippen molar-refractivity contribution >= 4 is 22.5 Å². The molecule has 0 fully saturated rings. The monoisotopic (exact) mass is 369 g/mol. The largest absolute Gasteiger partial charge is 0.497 e. The third kappa shape index (κ3) is 3.83. The number of amides is 1. The van der Waals surface area contributed by atoms with Crippen LogP contribution in [0.15, 0.2) is 79.1 Å². The van der Waals surface area contributed by atoms with Gasteiger partial charge in [-0.05, 0) is 28.5 Å². The second kappa shape index (κ2) is 7.88. The Kier molecular flexibility index (Phi) is 4.97. The van der Waals surface area contributed by atoms with Crippen LogP contribution in [0.1, 0.15) is 5.56 Å². The second-order valence-electron chi connectivity index (χ2n) is 6.38. The van der Waals surface area contributed by atoms with E-state index < -0.39 is 0 Å². The zero-order valence-electron chi connectivity index (χ0n) is 15.4. The molecule has 5 nitrogen and oxygen atoms in total. The zero-order valence-corrected chi connectivity index (χ0v) is 15.4. The summed E-state index contributed by atoms with van der Waals surface area (Å²) < 4.78 is 5.26. The summed E-state index contributed by atoms with van der Waals surface area (Å²) in [5.41, 5.74) is 2.60. The highest BCUT2D eigenvalue weighted by atomic mass is 16.5. The molecule has 0 aliphatic carbocycles. The number of methoxy groups -OCH3 is 1. The molecule has 4 rings (SSSR count). The molecule has 0 unspecified atom stereocenters. The normalized spacial score (nSPS) is 10.6. The van der Waals surface area contributed by atoms with Crippen LogP contribution in [0.4, 0.5) is 5.82 Å². The number of hydrogen-bond acceptors (Lipinski definition) is 4. The standard InChI is InChI=1S/C23H19N3O2/c1-28-19-10-5-9-18(12-19)21-14-22(25-15-24-21)26-23(27)13-17-8-4-7-16-6-2-3-11-20(16)17/h2-12,14-15H,13H2,1H3,(H,24,25,26,27). The zero-order chi connectivity index (χ0) is 19.3. The summed E-state index contributed by atoms with van der Waals surface area (Å²) in [6.07, 6.45) is 1.72. The van der Waals surface area contributed by atoms with Gasteiger partial charge < -0.3 is 10.1 Å². The number of nitrogens with zero attached hydrogens (tertiary/aromatic N) is 2. The van der Waals surface area contributed by atoms with Crippen LogP contribution < -0.4 is 10.1 Å². The summed E-state index contributed by atoms with van der Waals surface area (Å²) in [5, 5.41) is 5.08. The van der Waals surface area contributed by atoms with Crippen LogP contribution in [0.2, 0.25) is 0 Å². The van der Waals surface area contributed by atoms with Gasteiger partial charge in [0.2, 0.25) is 5.91 Å². The first-order valence-electron chi connectivity index (χ1n) is 8.96. The average Bonchev–Trinajstić information content (AvgIpc) is 2.74. The van der Waals surface area contributed by atoms with E-state index >= 15 is 0 Å². The second-order valence-corrected chi connectivity index (χ2v) is 6.38. The van der Waals surface area contributed by atoms with Crippen molar-refractivity contribution in [2.24, 2.45) is 0 Å². The van der Waals surface area contributed by atoms with Gasteiger partial charge >= 0.3 is 0 Å². The fourth-order valence-corrected chi connectivity index (χ4v) is 3.17. The highest BCUT2D eigenvalue weighted by molar-refractivity contribution is 5.95. The van der Waals surface area contributed by atoms with Crippen LogP contribution in [0.25, 0.3) is 22.0 Å². The lowest BCUT2D eigenvalue weighted by atomic mass is 10.0. The third-order valence-electron chi connectivity index (χ3n) is 4.53. The molecule has 0 spiro atoms. The molecule has 4 aromatic rings. The van der Waals surface area contributed by atoms with Crippen LogP contribution in [-0.4, -0.2) is 23.0 Å². The molecule has 1 aromatic heterocycles. The maximum atomic E-state index is 12.6. The number of ether oxygens (including phenoxy) is 1. The molecule has 3 aromatic carbocycles. The van der Waals surface area contributed by atoms with E-state index in [2.05, 4.69) is 15.3 Å². The number of carbonyl (C=O) groups excluding carboxylic acids is 1. The molecule has 0 bridgehead atoms. The average molecular weight is 369 g/mol. The fourth-order valence-electron chi connectivity index (χ4n) is 3.17. The quantitative estimate of drug-likeness (QED) is 0.563. The molecule has 5 heteroatoms. The van der Waals surface area contributed by atoms with Gasteiger partial charge in [-0.25, -0.2) is 9.97 Å². The molecule has 28 heavy (non-hydrogen) atoms. The molecule has 0 saturated carbocycles. The Morgan fingerprint density at radius 3 is 2.68 bits per heavy atom. The molecule has 1 heterocycles. The number of anilines is 1. The summed E-state index contributed by atoms with van der Waals surface area (Å²) in [6, 6.07) is 23.4. The van der Waals surface area contributed by atoms with E-state index in [1.165, 1.54) is 6.33 Å². The Hall–Kier alpha value is -3.73. The van der Waals surface area contributed by atoms with Crippen LogP contribution in [0.3, 0.4) is 0 Å². The number of carbonyl (C=O) groups is 1. The van der Waals surface area contributed by atoms with Crippen molar-refractivity contribution in [3.05, 3.63) is 84.7 Å². The van der Waals surface area contributed by atoms with Gasteiger partial charge in [0.25, 0.3) is 0 Å². The molecule has 0 aliphatic heterocycles. The lowest BCUT2D eigenvalue weighted by Gasteiger charge is -2.09. The van der Waals surface area contributed by atoms with E-state index in [1.54, 1.807) is 13.2 Å². The van der Waals surface area contributed by atoms with E-state index in [9.17, 15) is 4.79 Å². The molecule has 0 aliphatic rings. The molecule has 138 valence electrons. The number of aromatic nitrogens is 2. The molecule has 1 N–H and O–H groups in total. The SMILES string of the molecule is COc1cccc(-c2cc(NC(=O)Cc3cccc4ccccc34)ncn2)c1. The summed E-state index contributed by atoms with van der Waals surface area (Å²) >= 11 is 0. The van der Waals surface area contributed by atoms with Crippen molar-refractivity contribution < 1.29 is 9.53 Å². The predicted molar refractivity (Wildman–Crippen MR) is 110 cm³/mol. The fraction of sp³-hybridized carbons (Fsp3) is 0.0870. The number of nitrogens with one attached hydrogen (secondary N) is 1. The molecule has 1 amide bonds. The van der Waals surface area contributed by atoms with Crippen molar-refractivity contribution in [1.82, 2.24) is 9.97 Å². The Morgan fingerprint density at radius 2 is 1.79 bits per heavy atom. The van der Waals surface area contributed by atoms with Gasteiger partial charge in [-0.2, -0.15) is 0 Å². The maximum Gasteiger partial charge on any atom is 0.229 e. The first-order valence-corrected chi connectivity index (χ1v) is 8.96. The van der Waals surface area contributed by atoms with Gasteiger partial charge in [0.1, 0.15) is 17.9 Å². The Bertz CT molecular complexity index is 1140. The minimum absolute atomic E-state index is 0.119. The molecule has 0 radical (unpaired) electrons. The smallest absolute Gasteiger partial charge is 0.229 e. The topological polar surface area (TPSA) is 64.1 Å². The minimum Gasteiger partial charge on any atom is -0.497 e. The van der Waals surface area contributed by atoms with Gasteiger partial charge in [0.15, 0.2) is 0 Å². The van der Waals surface area contributed by atoms with Crippen LogP contribution in [0.5, 0.6) is 5.75 Å². The van der Waals surface area contributed by atoms with Crippen molar-refractivity contribution in [2.75, 3.05) is 12.4 Å². The first kappa shape index (κ1) is 17.7. The van der Waals surface area contributed by atoms with Crippen molar-refractivity contribution in [3.63, 3.8) is 0 Å². The van der Waals surface area contributed by atoms with Crippen LogP contribution in [-0.2, 0) is 11.2 Å². The van der Waals surface area contributed by atoms with E-state index in [0.29, 0.717) is 5.82 Å². The highest BCUT2D eigenvalue weighted by Gasteiger charge is 2.09. The Morgan fingerprint density at radius 1 is 0.964 bits per heavy atom. The lowest BCUT2D eigenvalue weighted by Crippen LogP contribution is -2.15. The van der Waals surface area contributed by atoms with E-state index in [-0.39, 0.29) is 12.3 Å². The summed E-state index contributed by atoms with van der Waals surface area (Å²) in [6.45, 7) is 0. The van der Waals surface area contributed by atoms with Gasteiger partial charge in [-0.15, -0.1) is 0 Å². The molecular weight excluding hydrogens is 350 g/mol. The predicted octanol–water partition coefficient (Wildman–Crippen LogP) is 4.49. The van der Waals surface area contributed by atoms with Crippen LogP contribution >= 0.6 is 0 Å². The van der Waals surface area contributed by atoms with E-state index in [1.807, 2.05) is 66.7 Å². The summed E-state index contributed by atoms with van der Waals surface area (Å²) in [4.78, 5) is 21.1. The number of benzene rings is 3. The van der Waals surface area contributed by atoms with Crippen molar-refractivity contribution in [3.8, 4) is 17.0 Å². The lowest BCUT2D eigenvalue weighted by molar-refractivity contribution is -0.115. The number of hydrogen-bond donors (Lipinski definition) is 1. The van der Waals surface area contributed by atoms with Crippen LogP contribution in [0, 0.1) is 0 Å². The molecular formula is C23H19N3O2. The number of fused-ring (bicyclic) bond motifs is 1. The Balaban J connectivity index is 1.53. The Labute approximate surface area is 163 Å². The van der Waals surface area contributed by atoms with Crippen molar-refractivity contribution in [2.45, 2.75) is 6.42 Å². The van der Waals surface area contributed by atoms with Crippen molar-refractivity contribution in [1.29, 1.82) is 0 Å².